The van der Waals surface area contributed by atoms with Crippen LogP contribution < -0.4 is 5.32 Å². The van der Waals surface area contributed by atoms with Gasteiger partial charge in [0.15, 0.2) is 0 Å². The lowest BCUT2D eigenvalue weighted by molar-refractivity contribution is 0.0916. The molecular weight excluding hydrogens is 280 g/mol. The number of carbonyl (C=O) groups excluding carboxylic acids is 1. The molecule has 1 amide bonds. The van der Waals surface area contributed by atoms with Gasteiger partial charge in [0.05, 0.1) is 18.2 Å². The largest absolute Gasteiger partial charge is 0.394 e. The molecule has 1 unspecified atom stereocenters. The molecule has 0 bridgehead atoms. The molecule has 0 saturated heterocycles. The van der Waals surface area contributed by atoms with E-state index in [1.807, 2.05) is 30.3 Å². The number of nitrogens with one attached hydrogen (secondary N) is 1. The Kier molecular flexibility index (Phi) is 3.84. The summed E-state index contributed by atoms with van der Waals surface area (Å²) in [6.45, 7) is -0.164. The number of carbonyl (C=O) groups is 1. The summed E-state index contributed by atoms with van der Waals surface area (Å²) >= 11 is 0. The van der Waals surface area contributed by atoms with E-state index in [0.717, 1.165) is 11.1 Å². The first-order chi connectivity index (χ1) is 10.7. The van der Waals surface area contributed by atoms with Gasteiger partial charge >= 0.3 is 0 Å². The van der Waals surface area contributed by atoms with Crippen molar-refractivity contribution in [3.8, 4) is 0 Å². The lowest BCUT2D eigenvalue weighted by atomic mass is 10.1. The first-order valence-corrected chi connectivity index (χ1v) is 6.95. The zero-order valence-electron chi connectivity index (χ0n) is 12.1. The average molecular weight is 296 g/mol. The Morgan fingerprint density at radius 3 is 2.77 bits per heavy atom. The number of fused-ring (bicyclic) bond motifs is 1. The highest BCUT2D eigenvalue weighted by atomic mass is 16.3. The number of aryl methyl sites for hydroxylation is 1. The minimum Gasteiger partial charge on any atom is -0.394 e. The Bertz CT molecular complexity index is 798. The maximum absolute atomic E-state index is 12.4. The first-order valence-electron chi connectivity index (χ1n) is 6.95. The van der Waals surface area contributed by atoms with Crippen molar-refractivity contribution in [2.24, 2.45) is 7.05 Å². The highest BCUT2D eigenvalue weighted by Gasteiger charge is 2.15. The maximum Gasteiger partial charge on any atom is 0.251 e. The molecule has 0 spiro atoms. The van der Waals surface area contributed by atoms with Gasteiger partial charge in [0, 0.05) is 12.6 Å². The molecule has 0 radical (unpaired) electrons. The van der Waals surface area contributed by atoms with E-state index in [4.69, 9.17) is 0 Å². The minimum atomic E-state index is -0.439. The van der Waals surface area contributed by atoms with Crippen molar-refractivity contribution in [2.75, 3.05) is 6.61 Å². The van der Waals surface area contributed by atoms with Gasteiger partial charge in [-0.3, -0.25) is 4.79 Å². The van der Waals surface area contributed by atoms with Crippen molar-refractivity contribution in [3.63, 3.8) is 0 Å². The molecule has 0 aliphatic rings. The second-order valence-electron chi connectivity index (χ2n) is 5.04. The third kappa shape index (κ3) is 2.68. The topological polar surface area (TPSA) is 80.0 Å². The minimum absolute atomic E-state index is 0.164. The monoisotopic (exact) mass is 296 g/mol. The molecular formula is C16H16N4O2. The SMILES string of the molecule is Cn1nnc2cc(C(=O)NC(CO)c3ccccc3)ccc21. The van der Waals surface area contributed by atoms with Gasteiger partial charge in [-0.2, -0.15) is 0 Å². The highest BCUT2D eigenvalue weighted by Crippen LogP contribution is 2.15. The van der Waals surface area contributed by atoms with Gasteiger partial charge in [-0.15, -0.1) is 5.10 Å². The van der Waals surface area contributed by atoms with E-state index in [0.29, 0.717) is 11.1 Å². The van der Waals surface area contributed by atoms with Crippen LogP contribution in [0, 0.1) is 0 Å². The molecule has 3 rings (SSSR count). The van der Waals surface area contributed by atoms with Crippen LogP contribution >= 0.6 is 0 Å². The van der Waals surface area contributed by atoms with Crippen molar-refractivity contribution in [3.05, 3.63) is 59.7 Å². The molecule has 2 N–H and O–H groups in total. The molecule has 1 atom stereocenters. The molecule has 6 nitrogen and oxygen atoms in total. The third-order valence-corrected chi connectivity index (χ3v) is 3.56. The molecule has 112 valence electrons. The van der Waals surface area contributed by atoms with Crippen LogP contribution in [0.3, 0.4) is 0 Å². The van der Waals surface area contributed by atoms with E-state index >= 15 is 0 Å². The number of amides is 1. The molecule has 2 aromatic carbocycles. The summed E-state index contributed by atoms with van der Waals surface area (Å²) in [6, 6.07) is 14.2. The summed E-state index contributed by atoms with van der Waals surface area (Å²) < 4.78 is 1.65. The van der Waals surface area contributed by atoms with Crippen LogP contribution in [0.1, 0.15) is 22.0 Å². The number of aromatic nitrogens is 3. The maximum atomic E-state index is 12.4. The number of hydrogen-bond donors (Lipinski definition) is 2. The summed E-state index contributed by atoms with van der Waals surface area (Å²) in [4.78, 5) is 12.4. The van der Waals surface area contributed by atoms with Crippen LogP contribution in [-0.2, 0) is 7.05 Å². The smallest absolute Gasteiger partial charge is 0.251 e. The number of benzene rings is 2. The zero-order valence-corrected chi connectivity index (χ0v) is 12.1. The van der Waals surface area contributed by atoms with Crippen LogP contribution in [0.25, 0.3) is 11.0 Å². The lowest BCUT2D eigenvalue weighted by Crippen LogP contribution is -2.30. The average Bonchev–Trinajstić information content (AvgIpc) is 2.94. The van der Waals surface area contributed by atoms with E-state index < -0.39 is 6.04 Å². The van der Waals surface area contributed by atoms with Crippen molar-refractivity contribution in [2.45, 2.75) is 6.04 Å². The molecule has 0 fully saturated rings. The van der Waals surface area contributed by atoms with Crippen molar-refractivity contribution < 1.29 is 9.90 Å². The third-order valence-electron chi connectivity index (χ3n) is 3.56. The van der Waals surface area contributed by atoms with Gasteiger partial charge in [0.1, 0.15) is 5.52 Å². The Labute approximate surface area is 127 Å². The fourth-order valence-corrected chi connectivity index (χ4v) is 2.34. The van der Waals surface area contributed by atoms with Crippen molar-refractivity contribution >= 4 is 16.9 Å². The Morgan fingerprint density at radius 1 is 1.27 bits per heavy atom. The molecule has 3 aromatic rings. The number of rotatable bonds is 4. The fraction of sp³-hybridized carbons (Fsp3) is 0.188. The van der Waals surface area contributed by atoms with Crippen LogP contribution in [0.2, 0.25) is 0 Å². The van der Waals surface area contributed by atoms with Gasteiger partial charge in [0.2, 0.25) is 0 Å². The van der Waals surface area contributed by atoms with Gasteiger partial charge in [0.25, 0.3) is 5.91 Å². The number of hydrogen-bond acceptors (Lipinski definition) is 4. The Hall–Kier alpha value is -2.73. The second-order valence-corrected chi connectivity index (χ2v) is 5.04. The van der Waals surface area contributed by atoms with Crippen LogP contribution in [-0.4, -0.2) is 32.6 Å². The fourth-order valence-electron chi connectivity index (χ4n) is 2.34. The normalized spacial score (nSPS) is 12.3. The zero-order chi connectivity index (χ0) is 15.5. The van der Waals surface area contributed by atoms with Crippen LogP contribution in [0.5, 0.6) is 0 Å². The van der Waals surface area contributed by atoms with E-state index in [-0.39, 0.29) is 12.5 Å². The summed E-state index contributed by atoms with van der Waals surface area (Å²) in [5.74, 6) is -0.254. The van der Waals surface area contributed by atoms with Gasteiger partial charge in [-0.1, -0.05) is 35.5 Å². The van der Waals surface area contributed by atoms with E-state index in [1.54, 1.807) is 29.9 Å². The molecule has 6 heteroatoms. The molecule has 0 aliphatic heterocycles. The van der Waals surface area contributed by atoms with Gasteiger partial charge < -0.3 is 10.4 Å². The van der Waals surface area contributed by atoms with Crippen molar-refractivity contribution in [1.29, 1.82) is 0 Å². The second kappa shape index (κ2) is 5.95. The van der Waals surface area contributed by atoms with E-state index in [9.17, 15) is 9.90 Å². The predicted octanol–water partition coefficient (Wildman–Crippen LogP) is 1.43. The molecule has 0 aliphatic carbocycles. The molecule has 1 heterocycles. The Balaban J connectivity index is 1.82. The molecule has 22 heavy (non-hydrogen) atoms. The Morgan fingerprint density at radius 2 is 2.05 bits per heavy atom. The van der Waals surface area contributed by atoms with Crippen molar-refractivity contribution in [1.82, 2.24) is 20.3 Å². The van der Waals surface area contributed by atoms with E-state index in [2.05, 4.69) is 15.6 Å². The predicted molar refractivity (Wildman–Crippen MR) is 82.2 cm³/mol. The lowest BCUT2D eigenvalue weighted by Gasteiger charge is -2.16. The highest BCUT2D eigenvalue weighted by molar-refractivity contribution is 5.97. The van der Waals surface area contributed by atoms with Crippen LogP contribution in [0.4, 0.5) is 0 Å². The summed E-state index contributed by atoms with van der Waals surface area (Å²) in [5, 5.41) is 20.3. The standard InChI is InChI=1S/C16H16N4O2/c1-20-15-8-7-12(9-13(15)18-19-20)16(22)17-14(10-21)11-5-3-2-4-6-11/h2-9,14,21H,10H2,1H3,(H,17,22). The van der Waals surface area contributed by atoms with Gasteiger partial charge in [-0.05, 0) is 23.8 Å². The van der Waals surface area contributed by atoms with Gasteiger partial charge in [-0.25, -0.2) is 4.68 Å². The summed E-state index contributed by atoms with van der Waals surface area (Å²) in [7, 11) is 1.80. The first kappa shape index (κ1) is 14.2. The molecule has 0 saturated carbocycles. The summed E-state index contributed by atoms with van der Waals surface area (Å²) in [6.07, 6.45) is 0. The quantitative estimate of drug-likeness (QED) is 0.763. The number of aliphatic hydroxyl groups excluding tert-OH is 1. The summed E-state index contributed by atoms with van der Waals surface area (Å²) in [5.41, 5.74) is 2.87. The van der Waals surface area contributed by atoms with Crippen LogP contribution in [0.15, 0.2) is 48.5 Å². The molecule has 1 aromatic heterocycles. The van der Waals surface area contributed by atoms with E-state index in [1.165, 1.54) is 0 Å². The number of aliphatic hydroxyl groups is 1. The number of nitrogens with zero attached hydrogens (tertiary/aromatic N) is 3.